The molecule has 1 aliphatic carbocycles. The molecule has 3 N–H and O–H groups in total. The summed E-state index contributed by atoms with van der Waals surface area (Å²) < 4.78 is 29.4. The van der Waals surface area contributed by atoms with Crippen LogP contribution in [0.25, 0.3) is 22.3 Å². The van der Waals surface area contributed by atoms with Crippen molar-refractivity contribution in [1.82, 2.24) is 19.7 Å². The second kappa shape index (κ2) is 6.51. The van der Waals surface area contributed by atoms with E-state index >= 15 is 0 Å². The number of aromatic hydroxyl groups is 1. The SMILES string of the molecule is Nc1ncnc2c1c(-c1cc(O)cc(F)c1)nn2C1CCc2ccc(F)cc2C1. The van der Waals surface area contributed by atoms with Gasteiger partial charge in [0.05, 0.1) is 11.4 Å². The number of hydrogen-bond acceptors (Lipinski definition) is 5. The zero-order valence-corrected chi connectivity index (χ0v) is 15.3. The number of nitrogen functional groups attached to an aromatic ring is 1. The highest BCUT2D eigenvalue weighted by atomic mass is 19.1. The third-order valence-corrected chi connectivity index (χ3v) is 5.39. The van der Waals surface area contributed by atoms with Crippen LogP contribution in [-0.2, 0) is 12.8 Å². The Balaban J connectivity index is 1.67. The molecule has 0 spiro atoms. The number of rotatable bonds is 2. The summed E-state index contributed by atoms with van der Waals surface area (Å²) in [5.74, 6) is -0.833. The Bertz CT molecular complexity index is 1230. The molecular formula is C21H17F2N5O. The summed E-state index contributed by atoms with van der Waals surface area (Å²) in [6.45, 7) is 0. The van der Waals surface area contributed by atoms with Gasteiger partial charge in [-0.05, 0) is 54.7 Å². The molecule has 2 aromatic heterocycles. The molecule has 146 valence electrons. The first-order chi connectivity index (χ1) is 14.0. The first kappa shape index (κ1) is 17.5. The third-order valence-electron chi connectivity index (χ3n) is 5.39. The van der Waals surface area contributed by atoms with Crippen LogP contribution in [-0.4, -0.2) is 24.9 Å². The Morgan fingerprint density at radius 3 is 2.72 bits per heavy atom. The predicted molar refractivity (Wildman–Crippen MR) is 104 cm³/mol. The minimum atomic E-state index is -0.583. The number of fused-ring (bicyclic) bond motifs is 2. The molecule has 0 fully saturated rings. The molecule has 0 aliphatic heterocycles. The lowest BCUT2D eigenvalue weighted by molar-refractivity contribution is 0.413. The highest BCUT2D eigenvalue weighted by Gasteiger charge is 2.26. The molecule has 8 heteroatoms. The number of halogens is 2. The molecular weight excluding hydrogens is 376 g/mol. The lowest BCUT2D eigenvalue weighted by Gasteiger charge is -2.25. The standard InChI is InChI=1S/C21H17F2N5O/c22-14-3-1-11-2-4-16(7-12(11)5-14)28-21-18(20(24)25-10-26-21)19(27-28)13-6-15(23)9-17(29)8-13/h1,3,5-6,8-10,16,29H,2,4,7H2,(H2,24,25,26). The molecule has 0 radical (unpaired) electrons. The fraction of sp³-hybridized carbons (Fsp3) is 0.190. The molecule has 29 heavy (non-hydrogen) atoms. The summed E-state index contributed by atoms with van der Waals surface area (Å²) in [4.78, 5) is 8.41. The van der Waals surface area contributed by atoms with Crippen molar-refractivity contribution in [2.24, 2.45) is 0 Å². The first-order valence-corrected chi connectivity index (χ1v) is 9.25. The van der Waals surface area contributed by atoms with Crippen LogP contribution in [0.1, 0.15) is 23.6 Å². The van der Waals surface area contributed by atoms with Crippen molar-refractivity contribution in [2.45, 2.75) is 25.3 Å². The van der Waals surface area contributed by atoms with Crippen LogP contribution in [0.15, 0.2) is 42.7 Å². The Labute approximate surface area is 164 Å². The van der Waals surface area contributed by atoms with E-state index in [2.05, 4.69) is 15.1 Å². The quantitative estimate of drug-likeness (QED) is 0.541. The lowest BCUT2D eigenvalue weighted by Crippen LogP contribution is -2.20. The van der Waals surface area contributed by atoms with E-state index in [9.17, 15) is 13.9 Å². The Hall–Kier alpha value is -3.55. The number of benzene rings is 2. The van der Waals surface area contributed by atoms with Crippen molar-refractivity contribution in [2.75, 3.05) is 5.73 Å². The van der Waals surface area contributed by atoms with Gasteiger partial charge in [0.1, 0.15) is 35.2 Å². The molecule has 0 saturated heterocycles. The monoisotopic (exact) mass is 393 g/mol. The Morgan fingerprint density at radius 2 is 1.90 bits per heavy atom. The van der Waals surface area contributed by atoms with Crippen LogP contribution in [0.2, 0.25) is 0 Å². The molecule has 0 amide bonds. The number of phenols is 1. The third kappa shape index (κ3) is 2.97. The summed E-state index contributed by atoms with van der Waals surface area (Å²) >= 11 is 0. The van der Waals surface area contributed by atoms with Gasteiger partial charge in [0, 0.05) is 11.6 Å². The molecule has 2 heterocycles. The number of aryl methyl sites for hydroxylation is 1. The van der Waals surface area contributed by atoms with E-state index in [1.165, 1.54) is 24.5 Å². The molecule has 4 aromatic rings. The van der Waals surface area contributed by atoms with E-state index < -0.39 is 5.82 Å². The number of phenolic OH excluding ortho intramolecular Hbond substituents is 1. The maximum Gasteiger partial charge on any atom is 0.164 e. The van der Waals surface area contributed by atoms with Crippen molar-refractivity contribution in [3.63, 3.8) is 0 Å². The van der Waals surface area contributed by atoms with Crippen molar-refractivity contribution in [1.29, 1.82) is 0 Å². The van der Waals surface area contributed by atoms with Crippen molar-refractivity contribution >= 4 is 16.9 Å². The summed E-state index contributed by atoms with van der Waals surface area (Å²) in [7, 11) is 0. The van der Waals surface area contributed by atoms with E-state index in [4.69, 9.17) is 5.73 Å². The Kier molecular flexibility index (Phi) is 3.94. The van der Waals surface area contributed by atoms with Gasteiger partial charge in [-0.15, -0.1) is 0 Å². The number of aromatic nitrogens is 4. The zero-order valence-electron chi connectivity index (χ0n) is 15.3. The summed E-state index contributed by atoms with van der Waals surface area (Å²) in [5, 5.41) is 15.0. The minimum Gasteiger partial charge on any atom is -0.508 e. The van der Waals surface area contributed by atoms with Crippen LogP contribution in [0.4, 0.5) is 14.6 Å². The van der Waals surface area contributed by atoms with Crippen LogP contribution >= 0.6 is 0 Å². The summed E-state index contributed by atoms with van der Waals surface area (Å²) in [6, 6.07) is 8.53. The van der Waals surface area contributed by atoms with E-state index in [0.717, 1.165) is 30.0 Å². The number of nitrogens with zero attached hydrogens (tertiary/aromatic N) is 4. The molecule has 1 atom stereocenters. The molecule has 1 aliphatic rings. The summed E-state index contributed by atoms with van der Waals surface area (Å²) in [5.41, 5.74) is 9.48. The first-order valence-electron chi connectivity index (χ1n) is 9.25. The maximum absolute atomic E-state index is 13.9. The number of anilines is 1. The molecule has 6 nitrogen and oxygen atoms in total. The maximum atomic E-state index is 13.9. The number of hydrogen-bond donors (Lipinski definition) is 2. The van der Waals surface area contributed by atoms with E-state index in [0.29, 0.717) is 28.7 Å². The predicted octanol–water partition coefficient (Wildman–Crippen LogP) is 3.79. The fourth-order valence-electron chi connectivity index (χ4n) is 4.08. The average Bonchev–Trinajstić information content (AvgIpc) is 3.08. The van der Waals surface area contributed by atoms with Crippen LogP contribution in [0, 0.1) is 11.6 Å². The second-order valence-electron chi connectivity index (χ2n) is 7.26. The Morgan fingerprint density at radius 1 is 1.03 bits per heavy atom. The zero-order chi connectivity index (χ0) is 20.1. The molecule has 0 bridgehead atoms. The molecule has 0 saturated carbocycles. The highest BCUT2D eigenvalue weighted by Crippen LogP contribution is 2.36. The van der Waals surface area contributed by atoms with Crippen molar-refractivity contribution in [3.05, 3.63) is 65.5 Å². The van der Waals surface area contributed by atoms with Gasteiger partial charge in [-0.2, -0.15) is 5.10 Å². The van der Waals surface area contributed by atoms with Gasteiger partial charge in [0.2, 0.25) is 0 Å². The van der Waals surface area contributed by atoms with Gasteiger partial charge >= 0.3 is 0 Å². The van der Waals surface area contributed by atoms with Gasteiger partial charge in [0.15, 0.2) is 5.65 Å². The fourth-order valence-corrected chi connectivity index (χ4v) is 4.08. The van der Waals surface area contributed by atoms with Crippen molar-refractivity contribution < 1.29 is 13.9 Å². The summed E-state index contributed by atoms with van der Waals surface area (Å²) in [6.07, 6.45) is 3.55. The highest BCUT2D eigenvalue weighted by molar-refractivity contribution is 5.98. The average molecular weight is 393 g/mol. The van der Waals surface area contributed by atoms with Gasteiger partial charge in [-0.1, -0.05) is 6.07 Å². The largest absolute Gasteiger partial charge is 0.508 e. The molecule has 5 rings (SSSR count). The van der Waals surface area contributed by atoms with E-state index in [1.54, 1.807) is 10.7 Å². The van der Waals surface area contributed by atoms with Gasteiger partial charge in [-0.3, -0.25) is 0 Å². The normalized spacial score (nSPS) is 16.1. The van der Waals surface area contributed by atoms with Crippen LogP contribution in [0.3, 0.4) is 0 Å². The van der Waals surface area contributed by atoms with Crippen molar-refractivity contribution in [3.8, 4) is 17.0 Å². The molecule has 1 unspecified atom stereocenters. The second-order valence-corrected chi connectivity index (χ2v) is 7.26. The van der Waals surface area contributed by atoms with Gasteiger partial charge in [-0.25, -0.2) is 23.4 Å². The number of nitrogens with two attached hydrogens (primary N) is 1. The lowest BCUT2D eigenvalue weighted by atomic mass is 9.88. The topological polar surface area (TPSA) is 89.8 Å². The van der Waals surface area contributed by atoms with E-state index in [-0.39, 0.29) is 23.4 Å². The minimum absolute atomic E-state index is 0.0583. The van der Waals surface area contributed by atoms with Crippen LogP contribution < -0.4 is 5.73 Å². The van der Waals surface area contributed by atoms with Gasteiger partial charge in [0.25, 0.3) is 0 Å². The molecule has 2 aromatic carbocycles. The van der Waals surface area contributed by atoms with E-state index in [1.807, 2.05) is 6.07 Å². The smallest absolute Gasteiger partial charge is 0.164 e. The van der Waals surface area contributed by atoms with Gasteiger partial charge < -0.3 is 10.8 Å². The van der Waals surface area contributed by atoms with Crippen LogP contribution in [0.5, 0.6) is 5.75 Å².